The normalized spacial score (nSPS) is 11.7. The summed E-state index contributed by atoms with van der Waals surface area (Å²) in [6.07, 6.45) is 0.888. The molecule has 0 aliphatic heterocycles. The van der Waals surface area contributed by atoms with Crippen LogP contribution in [0.15, 0.2) is 53.7 Å². The summed E-state index contributed by atoms with van der Waals surface area (Å²) >= 11 is 1.36. The van der Waals surface area contributed by atoms with Crippen molar-refractivity contribution in [2.24, 2.45) is 0 Å². The summed E-state index contributed by atoms with van der Waals surface area (Å²) in [6, 6.07) is 15.6. The van der Waals surface area contributed by atoms with E-state index < -0.39 is 0 Å². The maximum absolute atomic E-state index is 12.3. The molecule has 0 aliphatic rings. The van der Waals surface area contributed by atoms with Gasteiger partial charge in [0.2, 0.25) is 5.91 Å². The molecule has 7 nitrogen and oxygen atoms in total. The fourth-order valence-corrected chi connectivity index (χ4v) is 3.72. The number of hydrogen-bond donors (Lipinski definition) is 1. The predicted molar refractivity (Wildman–Crippen MR) is 123 cm³/mol. The van der Waals surface area contributed by atoms with Crippen LogP contribution in [0.1, 0.15) is 27.2 Å². The Kier molecular flexibility index (Phi) is 7.94. The van der Waals surface area contributed by atoms with E-state index in [-0.39, 0.29) is 17.7 Å². The topological polar surface area (TPSA) is 78.3 Å². The Balaban J connectivity index is 1.95. The number of methoxy groups -OCH3 is 1. The molecule has 1 N–H and O–H groups in total. The van der Waals surface area contributed by atoms with E-state index in [1.165, 1.54) is 11.8 Å². The van der Waals surface area contributed by atoms with Crippen molar-refractivity contribution in [3.05, 3.63) is 48.5 Å². The number of ether oxygens (including phenoxy) is 2. The fraction of sp³-hybridized carbons (Fsp3) is 0.348. The summed E-state index contributed by atoms with van der Waals surface area (Å²) in [7, 11) is 1.63. The van der Waals surface area contributed by atoms with Gasteiger partial charge in [-0.15, -0.1) is 10.2 Å². The zero-order valence-corrected chi connectivity index (χ0v) is 19.1. The Labute approximate surface area is 187 Å². The van der Waals surface area contributed by atoms with E-state index in [0.717, 1.165) is 29.2 Å². The van der Waals surface area contributed by atoms with Gasteiger partial charge in [0.05, 0.1) is 19.5 Å². The van der Waals surface area contributed by atoms with Crippen molar-refractivity contribution < 1.29 is 14.3 Å². The highest BCUT2D eigenvalue weighted by Gasteiger charge is 2.18. The predicted octanol–water partition coefficient (Wildman–Crippen LogP) is 4.35. The third-order valence-electron chi connectivity index (χ3n) is 4.72. The largest absolute Gasteiger partial charge is 0.497 e. The summed E-state index contributed by atoms with van der Waals surface area (Å²) in [5.41, 5.74) is 1.76. The number of nitrogens with one attached hydrogen (secondary N) is 1. The molecule has 31 heavy (non-hydrogen) atoms. The standard InChI is InChI=1S/C23H28N4O3S/c1-5-16(3)24-21(28)15-31-23-26-25-22(17-8-7-9-20(14-17)29-4)27(23)18-10-12-19(13-11-18)30-6-2/h7-14,16H,5-6,15H2,1-4H3,(H,24,28). The molecule has 1 amide bonds. The van der Waals surface area contributed by atoms with E-state index in [0.29, 0.717) is 17.6 Å². The second-order valence-corrected chi connectivity index (χ2v) is 7.91. The van der Waals surface area contributed by atoms with Crippen molar-refractivity contribution in [3.8, 4) is 28.6 Å². The third-order valence-corrected chi connectivity index (χ3v) is 5.65. The number of hydrogen-bond acceptors (Lipinski definition) is 6. The lowest BCUT2D eigenvalue weighted by Gasteiger charge is -2.13. The monoisotopic (exact) mass is 440 g/mol. The van der Waals surface area contributed by atoms with E-state index >= 15 is 0 Å². The smallest absolute Gasteiger partial charge is 0.230 e. The molecule has 3 rings (SSSR count). The zero-order chi connectivity index (χ0) is 22.2. The molecule has 2 aromatic carbocycles. The second-order valence-electron chi connectivity index (χ2n) is 6.97. The number of amides is 1. The molecule has 1 atom stereocenters. The number of nitrogens with zero attached hydrogens (tertiary/aromatic N) is 3. The molecule has 8 heteroatoms. The number of thioether (sulfide) groups is 1. The number of aromatic nitrogens is 3. The molecule has 0 fully saturated rings. The van der Waals surface area contributed by atoms with Crippen LogP contribution in [-0.2, 0) is 4.79 Å². The highest BCUT2D eigenvalue weighted by Crippen LogP contribution is 2.30. The van der Waals surface area contributed by atoms with Crippen LogP contribution < -0.4 is 14.8 Å². The van der Waals surface area contributed by atoms with Gasteiger partial charge >= 0.3 is 0 Å². The summed E-state index contributed by atoms with van der Waals surface area (Å²) in [5.74, 6) is 2.44. The summed E-state index contributed by atoms with van der Waals surface area (Å²) in [5, 5.41) is 12.4. The Morgan fingerprint density at radius 2 is 1.90 bits per heavy atom. The minimum absolute atomic E-state index is 0.0245. The number of carbonyl (C=O) groups is 1. The van der Waals surface area contributed by atoms with E-state index in [1.54, 1.807) is 7.11 Å². The van der Waals surface area contributed by atoms with Crippen molar-refractivity contribution in [3.63, 3.8) is 0 Å². The molecule has 1 aromatic heterocycles. The van der Waals surface area contributed by atoms with Crippen molar-refractivity contribution in [1.82, 2.24) is 20.1 Å². The molecule has 0 bridgehead atoms. The lowest BCUT2D eigenvalue weighted by atomic mass is 10.2. The van der Waals surface area contributed by atoms with Gasteiger partial charge in [-0.25, -0.2) is 0 Å². The van der Waals surface area contributed by atoms with Crippen LogP contribution in [0.25, 0.3) is 17.1 Å². The van der Waals surface area contributed by atoms with Crippen LogP contribution in [0.4, 0.5) is 0 Å². The first kappa shape index (κ1) is 22.7. The number of benzene rings is 2. The molecule has 0 spiro atoms. The van der Waals surface area contributed by atoms with Gasteiger partial charge in [0.1, 0.15) is 11.5 Å². The first-order chi connectivity index (χ1) is 15.0. The van der Waals surface area contributed by atoms with Crippen LogP contribution in [0.2, 0.25) is 0 Å². The summed E-state index contributed by atoms with van der Waals surface area (Å²) in [6.45, 7) is 6.59. The van der Waals surface area contributed by atoms with Gasteiger partial charge in [-0.1, -0.05) is 30.8 Å². The van der Waals surface area contributed by atoms with Crippen molar-refractivity contribution in [2.45, 2.75) is 38.4 Å². The fourth-order valence-electron chi connectivity index (χ4n) is 2.95. The third kappa shape index (κ3) is 5.79. The molecule has 1 heterocycles. The summed E-state index contributed by atoms with van der Waals surface area (Å²) in [4.78, 5) is 12.3. The molecule has 1 unspecified atom stereocenters. The van der Waals surface area contributed by atoms with Crippen LogP contribution in [0.3, 0.4) is 0 Å². The minimum atomic E-state index is -0.0245. The Bertz CT molecular complexity index is 1000. The Hall–Kier alpha value is -3.00. The molecule has 164 valence electrons. The van der Waals surface area contributed by atoms with Gasteiger partial charge in [-0.3, -0.25) is 9.36 Å². The van der Waals surface area contributed by atoms with Crippen LogP contribution in [-0.4, -0.2) is 46.2 Å². The SMILES string of the molecule is CCOc1ccc(-n2c(SCC(=O)NC(C)CC)nnc2-c2cccc(OC)c2)cc1. The van der Waals surface area contributed by atoms with Gasteiger partial charge < -0.3 is 14.8 Å². The Morgan fingerprint density at radius 3 is 2.58 bits per heavy atom. The quantitative estimate of drug-likeness (QED) is 0.472. The molecular formula is C23H28N4O3S. The van der Waals surface area contributed by atoms with Crippen LogP contribution in [0.5, 0.6) is 11.5 Å². The molecule has 0 aliphatic carbocycles. The van der Waals surface area contributed by atoms with Gasteiger partial charge in [-0.05, 0) is 56.7 Å². The second kappa shape index (κ2) is 10.9. The Morgan fingerprint density at radius 1 is 1.13 bits per heavy atom. The summed E-state index contributed by atoms with van der Waals surface area (Å²) < 4.78 is 12.9. The zero-order valence-electron chi connectivity index (χ0n) is 18.3. The lowest BCUT2D eigenvalue weighted by Crippen LogP contribution is -2.33. The van der Waals surface area contributed by atoms with Crippen molar-refractivity contribution in [2.75, 3.05) is 19.5 Å². The van der Waals surface area contributed by atoms with E-state index in [9.17, 15) is 4.79 Å². The van der Waals surface area contributed by atoms with Gasteiger partial charge in [0, 0.05) is 17.3 Å². The van der Waals surface area contributed by atoms with Gasteiger partial charge in [0.15, 0.2) is 11.0 Å². The van der Waals surface area contributed by atoms with Crippen molar-refractivity contribution >= 4 is 17.7 Å². The average molecular weight is 441 g/mol. The molecule has 0 radical (unpaired) electrons. The highest BCUT2D eigenvalue weighted by atomic mass is 32.2. The average Bonchev–Trinajstić information content (AvgIpc) is 3.22. The molecule has 0 saturated heterocycles. The van der Waals surface area contributed by atoms with Gasteiger partial charge in [0.25, 0.3) is 0 Å². The number of carbonyl (C=O) groups excluding carboxylic acids is 1. The lowest BCUT2D eigenvalue weighted by molar-refractivity contribution is -0.119. The maximum Gasteiger partial charge on any atom is 0.230 e. The van der Waals surface area contributed by atoms with E-state index in [2.05, 4.69) is 15.5 Å². The first-order valence-electron chi connectivity index (χ1n) is 10.3. The maximum atomic E-state index is 12.3. The minimum Gasteiger partial charge on any atom is -0.497 e. The van der Waals surface area contributed by atoms with Gasteiger partial charge in [-0.2, -0.15) is 0 Å². The molecule has 3 aromatic rings. The van der Waals surface area contributed by atoms with E-state index in [4.69, 9.17) is 9.47 Å². The molecule has 0 saturated carbocycles. The van der Waals surface area contributed by atoms with E-state index in [1.807, 2.05) is 73.9 Å². The molecular weight excluding hydrogens is 412 g/mol. The van der Waals surface area contributed by atoms with Crippen LogP contribution >= 0.6 is 11.8 Å². The van der Waals surface area contributed by atoms with Crippen LogP contribution in [0, 0.1) is 0 Å². The number of rotatable bonds is 10. The highest BCUT2D eigenvalue weighted by molar-refractivity contribution is 7.99. The van der Waals surface area contributed by atoms with Crippen molar-refractivity contribution in [1.29, 1.82) is 0 Å². The first-order valence-corrected chi connectivity index (χ1v) is 11.3.